The molecule has 2 heterocycles. The molecule has 6 heteroatoms. The molecule has 0 spiro atoms. The number of benzene rings is 10. The summed E-state index contributed by atoms with van der Waals surface area (Å²) in [4.78, 5) is 4.72. The minimum absolute atomic E-state index is 1.09. The first-order valence-electron chi connectivity index (χ1n) is 22.2. The van der Waals surface area contributed by atoms with E-state index in [1.165, 1.54) is 43.6 Å². The quantitative estimate of drug-likeness (QED) is 0.134. The van der Waals surface area contributed by atoms with E-state index >= 15 is 0 Å². The van der Waals surface area contributed by atoms with Crippen LogP contribution in [0.25, 0.3) is 66.1 Å². The van der Waals surface area contributed by atoms with E-state index < -0.39 is 0 Å². The van der Waals surface area contributed by atoms with Crippen molar-refractivity contribution in [3.8, 4) is 22.5 Å². The van der Waals surface area contributed by atoms with Gasteiger partial charge >= 0.3 is 0 Å². The van der Waals surface area contributed by atoms with Crippen molar-refractivity contribution in [3.63, 3.8) is 0 Å². The fraction of sp³-hybridized carbons (Fsp3) is 0. The smallest absolute Gasteiger partial charge is 0.0542 e. The number of fused-ring (bicyclic) bond motifs is 6. The highest BCUT2D eigenvalue weighted by Crippen LogP contribution is 2.42. The van der Waals surface area contributed by atoms with Crippen molar-refractivity contribution in [3.05, 3.63) is 243 Å². The summed E-state index contributed by atoms with van der Waals surface area (Å²) in [6.45, 7) is 0. The number of anilines is 6. The Labute approximate surface area is 389 Å². The number of para-hydroxylation sites is 4. The van der Waals surface area contributed by atoms with Gasteiger partial charge in [-0.2, -0.15) is 0 Å². The van der Waals surface area contributed by atoms with Crippen LogP contribution < -0.4 is 20.4 Å². The Morgan fingerprint density at radius 3 is 0.939 bits per heavy atom. The molecule has 66 heavy (non-hydrogen) atoms. The lowest BCUT2D eigenvalue weighted by molar-refractivity contribution is 1.18. The van der Waals surface area contributed by atoms with Gasteiger partial charge in [-0.25, -0.2) is 0 Å². The SMILES string of the molecule is Pc1ccc(N(c2ccc(-c3ccc(N(c4ccc(P)cc4)c4ccc5c(c4)c4ccccc4n5-c4ccccc4)cc3)cc2)c2ccc3c(c2)c2ccccc2n3-c2ccccc2)cc1. The molecule has 10 aromatic carbocycles. The molecule has 12 rings (SSSR count). The van der Waals surface area contributed by atoms with Crippen LogP contribution in [0.4, 0.5) is 34.1 Å². The lowest BCUT2D eigenvalue weighted by Gasteiger charge is -2.26. The molecule has 2 unspecified atom stereocenters. The third-order valence-corrected chi connectivity index (χ3v) is 13.5. The molecule has 314 valence electrons. The Morgan fingerprint density at radius 2 is 0.561 bits per heavy atom. The minimum atomic E-state index is 1.09. The van der Waals surface area contributed by atoms with E-state index in [0.29, 0.717) is 0 Å². The molecule has 12 aromatic rings. The Kier molecular flexibility index (Phi) is 10.1. The molecule has 0 aliphatic carbocycles. The molecule has 0 amide bonds. The van der Waals surface area contributed by atoms with Gasteiger partial charge in [0.25, 0.3) is 0 Å². The summed E-state index contributed by atoms with van der Waals surface area (Å²) >= 11 is 0. The zero-order chi connectivity index (χ0) is 44.1. The highest BCUT2D eigenvalue weighted by molar-refractivity contribution is 7.27. The van der Waals surface area contributed by atoms with E-state index in [2.05, 4.69) is 280 Å². The van der Waals surface area contributed by atoms with Gasteiger partial charge in [-0.05, 0) is 143 Å². The first-order valence-corrected chi connectivity index (χ1v) is 23.4. The van der Waals surface area contributed by atoms with Crippen molar-refractivity contribution in [2.45, 2.75) is 0 Å². The molecule has 4 nitrogen and oxygen atoms in total. The van der Waals surface area contributed by atoms with Gasteiger partial charge in [0.1, 0.15) is 0 Å². The van der Waals surface area contributed by atoms with Crippen LogP contribution >= 0.6 is 18.5 Å². The molecule has 2 aromatic heterocycles. The zero-order valence-corrected chi connectivity index (χ0v) is 38.3. The van der Waals surface area contributed by atoms with Crippen LogP contribution in [-0.2, 0) is 0 Å². The molecular formula is C60H44N4P2. The maximum absolute atomic E-state index is 2.82. The minimum Gasteiger partial charge on any atom is -0.310 e. The third kappa shape index (κ3) is 7.04. The Balaban J connectivity index is 0.910. The van der Waals surface area contributed by atoms with Gasteiger partial charge in [0.05, 0.1) is 22.1 Å². The van der Waals surface area contributed by atoms with Gasteiger partial charge in [0, 0.05) is 67.0 Å². The van der Waals surface area contributed by atoms with Crippen molar-refractivity contribution in [1.82, 2.24) is 9.13 Å². The molecule has 2 atom stereocenters. The molecule has 0 aliphatic rings. The van der Waals surface area contributed by atoms with E-state index in [4.69, 9.17) is 0 Å². The number of hydrogen-bond donors (Lipinski definition) is 0. The number of aromatic nitrogens is 2. The molecule has 0 bridgehead atoms. The predicted octanol–water partition coefficient (Wildman–Crippen LogP) is 15.5. The van der Waals surface area contributed by atoms with Gasteiger partial charge in [0.15, 0.2) is 0 Å². The van der Waals surface area contributed by atoms with Crippen LogP contribution in [0.15, 0.2) is 243 Å². The average molecular weight is 883 g/mol. The standard InChI is InChI=1S/C60H44N4P2/c65-51-33-27-47(28-34-51)61(49-31-37-59-55(39-49)53-15-7-9-17-57(53)63(59)43-11-3-1-4-12-43)45-23-19-41(20-24-45)42-21-25-46(26-22-42)62(48-29-35-52(66)36-30-48)50-32-38-60-56(40-50)54-16-8-10-18-58(54)64(60)44-13-5-2-6-14-44/h1-40H,65-66H2. The van der Waals surface area contributed by atoms with Crippen molar-refractivity contribution >= 4 is 107 Å². The van der Waals surface area contributed by atoms with Crippen molar-refractivity contribution in [1.29, 1.82) is 0 Å². The Hall–Kier alpha value is -7.74. The first-order chi connectivity index (χ1) is 32.6. The highest BCUT2D eigenvalue weighted by atomic mass is 31.0. The van der Waals surface area contributed by atoms with Crippen LogP contribution in [-0.4, -0.2) is 9.13 Å². The van der Waals surface area contributed by atoms with E-state index in [9.17, 15) is 0 Å². The summed E-state index contributed by atoms with van der Waals surface area (Å²) in [5, 5.41) is 7.19. The van der Waals surface area contributed by atoms with E-state index in [1.807, 2.05) is 0 Å². The summed E-state index contributed by atoms with van der Waals surface area (Å²) in [5.41, 5.74) is 15.9. The second-order valence-corrected chi connectivity index (χ2v) is 18.1. The van der Waals surface area contributed by atoms with Crippen LogP contribution in [0.1, 0.15) is 0 Å². The summed E-state index contributed by atoms with van der Waals surface area (Å²) < 4.78 is 4.73. The molecule has 0 saturated heterocycles. The zero-order valence-electron chi connectivity index (χ0n) is 36.0. The number of rotatable bonds is 9. The molecule has 0 fully saturated rings. The Morgan fingerprint density at radius 1 is 0.258 bits per heavy atom. The second kappa shape index (κ2) is 16.7. The summed E-state index contributed by atoms with van der Waals surface area (Å²) in [6.07, 6.45) is 0. The molecule has 0 N–H and O–H groups in total. The highest BCUT2D eigenvalue weighted by Gasteiger charge is 2.20. The summed E-state index contributed by atoms with van der Waals surface area (Å²) in [6, 6.07) is 87.8. The topological polar surface area (TPSA) is 16.3 Å². The second-order valence-electron chi connectivity index (χ2n) is 16.7. The average Bonchev–Trinajstić information content (AvgIpc) is 3.89. The fourth-order valence-corrected chi connectivity index (χ4v) is 10.0. The first kappa shape index (κ1) is 39.8. The maximum Gasteiger partial charge on any atom is 0.0542 e. The van der Waals surface area contributed by atoms with Crippen LogP contribution in [0, 0.1) is 0 Å². The van der Waals surface area contributed by atoms with Gasteiger partial charge in [-0.15, -0.1) is 18.5 Å². The number of hydrogen-bond acceptors (Lipinski definition) is 2. The van der Waals surface area contributed by atoms with Crippen LogP contribution in [0.2, 0.25) is 0 Å². The molecule has 0 radical (unpaired) electrons. The van der Waals surface area contributed by atoms with E-state index in [0.717, 1.165) is 67.2 Å². The maximum atomic E-state index is 2.82. The normalized spacial score (nSPS) is 11.5. The van der Waals surface area contributed by atoms with Gasteiger partial charge in [0.2, 0.25) is 0 Å². The summed E-state index contributed by atoms with van der Waals surface area (Å²) in [7, 11) is 5.64. The monoisotopic (exact) mass is 882 g/mol. The lowest BCUT2D eigenvalue weighted by atomic mass is 10.0. The fourth-order valence-electron chi connectivity index (χ4n) is 9.66. The van der Waals surface area contributed by atoms with Crippen molar-refractivity contribution in [2.75, 3.05) is 9.80 Å². The Bertz CT molecular complexity index is 3440. The summed E-state index contributed by atoms with van der Waals surface area (Å²) in [5.74, 6) is 0. The van der Waals surface area contributed by atoms with Crippen LogP contribution in [0.3, 0.4) is 0 Å². The van der Waals surface area contributed by atoms with Gasteiger partial charge in [-0.1, -0.05) is 121 Å². The van der Waals surface area contributed by atoms with Crippen LogP contribution in [0.5, 0.6) is 0 Å². The number of nitrogens with zero attached hydrogens (tertiary/aromatic N) is 4. The lowest BCUT2D eigenvalue weighted by Crippen LogP contribution is -2.11. The van der Waals surface area contributed by atoms with Gasteiger partial charge < -0.3 is 18.9 Å². The third-order valence-electron chi connectivity index (χ3n) is 12.7. The molecule has 0 saturated carbocycles. The largest absolute Gasteiger partial charge is 0.310 e. The van der Waals surface area contributed by atoms with E-state index in [-0.39, 0.29) is 0 Å². The van der Waals surface area contributed by atoms with Crippen molar-refractivity contribution < 1.29 is 0 Å². The van der Waals surface area contributed by atoms with E-state index in [1.54, 1.807) is 0 Å². The van der Waals surface area contributed by atoms with Crippen molar-refractivity contribution in [2.24, 2.45) is 0 Å². The predicted molar refractivity (Wildman–Crippen MR) is 289 cm³/mol. The molecule has 0 aliphatic heterocycles. The molecular weight excluding hydrogens is 839 g/mol. The van der Waals surface area contributed by atoms with Gasteiger partial charge in [-0.3, -0.25) is 0 Å².